The zero-order valence-corrected chi connectivity index (χ0v) is 15.1. The van der Waals surface area contributed by atoms with Crippen molar-refractivity contribution in [2.45, 2.75) is 74.0 Å². The largest absolute Gasteiger partial charge is 0.335 e. The van der Waals surface area contributed by atoms with E-state index in [1.54, 1.807) is 11.8 Å². The Kier molecular flexibility index (Phi) is 4.72. The first-order chi connectivity index (χ1) is 11.7. The molecular formula is C19H27N3OS. The van der Waals surface area contributed by atoms with Crippen molar-refractivity contribution in [1.29, 1.82) is 0 Å². The summed E-state index contributed by atoms with van der Waals surface area (Å²) in [7, 11) is 0. The first kappa shape index (κ1) is 16.3. The molecule has 1 aromatic rings. The minimum atomic E-state index is -0.0603. The van der Waals surface area contributed by atoms with Crippen molar-refractivity contribution in [2.75, 3.05) is 11.6 Å². The highest BCUT2D eigenvalue weighted by molar-refractivity contribution is 7.98. The molecule has 4 nitrogen and oxygen atoms in total. The number of thioether (sulfide) groups is 1. The van der Waals surface area contributed by atoms with Crippen LogP contribution in [0.1, 0.15) is 44.9 Å². The summed E-state index contributed by atoms with van der Waals surface area (Å²) < 4.78 is 0. The van der Waals surface area contributed by atoms with Gasteiger partial charge in [-0.25, -0.2) is 4.79 Å². The molecule has 130 valence electrons. The normalized spacial score (nSPS) is 30.0. The maximum Gasteiger partial charge on any atom is 0.319 e. The number of hydrogen-bond acceptors (Lipinski definition) is 3. The van der Waals surface area contributed by atoms with E-state index in [1.165, 1.54) is 37.0 Å². The summed E-state index contributed by atoms with van der Waals surface area (Å²) in [5, 5.41) is 6.20. The number of carbonyl (C=O) groups is 1. The van der Waals surface area contributed by atoms with Crippen LogP contribution in [0.15, 0.2) is 29.2 Å². The number of hydrogen-bond donors (Lipinski definition) is 2. The highest BCUT2D eigenvalue weighted by atomic mass is 32.2. The molecule has 1 saturated carbocycles. The highest BCUT2D eigenvalue weighted by Gasteiger charge is 2.45. The standard InChI is InChI=1S/C19H27N3OS/c1-24-18-9-5-13(6-10-18)20-19(23)21-14-11-16-3-2-4-17(12-14)22(16)15-7-8-15/h5-6,9-10,14-17H,2-4,7-8,11-12H2,1H3,(H2,20,21,23)/t16-,17-/m0/s1. The third-order valence-electron chi connectivity index (χ3n) is 5.68. The van der Waals surface area contributed by atoms with E-state index in [1.807, 2.05) is 24.3 Å². The van der Waals surface area contributed by atoms with Crippen LogP contribution in [0, 0.1) is 0 Å². The summed E-state index contributed by atoms with van der Waals surface area (Å²) in [4.78, 5) is 16.3. The zero-order valence-electron chi connectivity index (χ0n) is 14.3. The van der Waals surface area contributed by atoms with Crippen LogP contribution in [-0.2, 0) is 0 Å². The van der Waals surface area contributed by atoms with Crippen LogP contribution in [0.5, 0.6) is 0 Å². The van der Waals surface area contributed by atoms with Crippen molar-refractivity contribution in [3.05, 3.63) is 24.3 Å². The molecule has 0 aromatic heterocycles. The molecule has 3 fully saturated rings. The summed E-state index contributed by atoms with van der Waals surface area (Å²) in [6, 6.07) is 10.5. The van der Waals surface area contributed by atoms with Crippen LogP contribution < -0.4 is 10.6 Å². The topological polar surface area (TPSA) is 44.4 Å². The van der Waals surface area contributed by atoms with Gasteiger partial charge in [0, 0.05) is 34.8 Å². The maximum absolute atomic E-state index is 12.3. The monoisotopic (exact) mass is 345 g/mol. The molecule has 0 unspecified atom stereocenters. The van der Waals surface area contributed by atoms with Gasteiger partial charge in [0.2, 0.25) is 0 Å². The molecule has 0 radical (unpaired) electrons. The van der Waals surface area contributed by atoms with Gasteiger partial charge in [-0.3, -0.25) is 4.90 Å². The van der Waals surface area contributed by atoms with Gasteiger partial charge in [0.05, 0.1) is 0 Å². The van der Waals surface area contributed by atoms with E-state index in [2.05, 4.69) is 21.8 Å². The van der Waals surface area contributed by atoms with Crippen LogP contribution in [0.25, 0.3) is 0 Å². The summed E-state index contributed by atoms with van der Waals surface area (Å²) in [6.07, 6.45) is 11.0. The molecule has 2 amide bonds. The van der Waals surface area contributed by atoms with Gasteiger partial charge in [-0.2, -0.15) is 0 Å². The fourth-order valence-electron chi connectivity index (χ4n) is 4.53. The number of anilines is 1. The Balaban J connectivity index is 1.32. The van der Waals surface area contributed by atoms with E-state index in [9.17, 15) is 4.79 Å². The summed E-state index contributed by atoms with van der Waals surface area (Å²) in [5.41, 5.74) is 0.862. The van der Waals surface area contributed by atoms with Gasteiger partial charge in [-0.15, -0.1) is 11.8 Å². The number of nitrogens with one attached hydrogen (secondary N) is 2. The minimum Gasteiger partial charge on any atom is -0.335 e. The number of urea groups is 1. The molecule has 2 heterocycles. The van der Waals surface area contributed by atoms with E-state index in [4.69, 9.17) is 0 Å². The SMILES string of the molecule is CSc1ccc(NC(=O)NC2C[C@@H]3CCC[C@@H](C2)N3C2CC2)cc1. The first-order valence-electron chi connectivity index (χ1n) is 9.22. The molecule has 2 bridgehead atoms. The lowest BCUT2D eigenvalue weighted by molar-refractivity contribution is 0.0198. The number of piperidine rings is 2. The Morgan fingerprint density at radius 2 is 1.71 bits per heavy atom. The number of nitrogens with zero attached hydrogens (tertiary/aromatic N) is 1. The molecule has 2 saturated heterocycles. The fraction of sp³-hybridized carbons (Fsp3) is 0.632. The maximum atomic E-state index is 12.3. The lowest BCUT2D eigenvalue weighted by Crippen LogP contribution is -2.58. The van der Waals surface area contributed by atoms with Crippen molar-refractivity contribution in [2.24, 2.45) is 0 Å². The van der Waals surface area contributed by atoms with Crippen LogP contribution in [0.4, 0.5) is 10.5 Å². The van der Waals surface area contributed by atoms with E-state index in [-0.39, 0.29) is 6.03 Å². The molecule has 0 spiro atoms. The smallest absolute Gasteiger partial charge is 0.319 e. The molecule has 2 aliphatic heterocycles. The van der Waals surface area contributed by atoms with Crippen molar-refractivity contribution >= 4 is 23.5 Å². The molecule has 24 heavy (non-hydrogen) atoms. The lowest BCUT2D eigenvalue weighted by atomic mass is 9.81. The first-order valence-corrected chi connectivity index (χ1v) is 10.4. The van der Waals surface area contributed by atoms with Gasteiger partial charge in [0.15, 0.2) is 0 Å². The van der Waals surface area contributed by atoms with Crippen LogP contribution >= 0.6 is 11.8 Å². The van der Waals surface area contributed by atoms with E-state index in [0.717, 1.165) is 24.6 Å². The number of carbonyl (C=O) groups excluding carboxylic acids is 1. The predicted molar refractivity (Wildman–Crippen MR) is 99.7 cm³/mol. The van der Waals surface area contributed by atoms with E-state index >= 15 is 0 Å². The Labute approximate surface area is 148 Å². The van der Waals surface area contributed by atoms with Crippen LogP contribution in [0.3, 0.4) is 0 Å². The molecule has 5 heteroatoms. The number of amides is 2. The van der Waals surface area contributed by atoms with Gasteiger partial charge >= 0.3 is 6.03 Å². The second kappa shape index (κ2) is 6.96. The Hall–Kier alpha value is -1.20. The summed E-state index contributed by atoms with van der Waals surface area (Å²) in [6.45, 7) is 0. The van der Waals surface area contributed by atoms with Crippen molar-refractivity contribution in [3.63, 3.8) is 0 Å². The van der Waals surface area contributed by atoms with Crippen molar-refractivity contribution in [1.82, 2.24) is 10.2 Å². The molecular weight excluding hydrogens is 318 g/mol. The molecule has 3 aliphatic rings. The quantitative estimate of drug-likeness (QED) is 0.808. The third kappa shape index (κ3) is 3.57. The summed E-state index contributed by atoms with van der Waals surface area (Å²) in [5.74, 6) is 0. The van der Waals surface area contributed by atoms with Gasteiger partial charge in [-0.1, -0.05) is 6.42 Å². The lowest BCUT2D eigenvalue weighted by Gasteiger charge is -2.49. The zero-order chi connectivity index (χ0) is 16.5. The van der Waals surface area contributed by atoms with E-state index < -0.39 is 0 Å². The Morgan fingerprint density at radius 3 is 2.29 bits per heavy atom. The number of benzene rings is 1. The minimum absolute atomic E-state index is 0.0603. The Morgan fingerprint density at radius 1 is 1.04 bits per heavy atom. The van der Waals surface area contributed by atoms with Crippen LogP contribution in [0.2, 0.25) is 0 Å². The van der Waals surface area contributed by atoms with Crippen LogP contribution in [-0.4, -0.2) is 41.4 Å². The molecule has 4 rings (SSSR count). The number of rotatable bonds is 4. The second-order valence-electron chi connectivity index (χ2n) is 7.41. The third-order valence-corrected chi connectivity index (χ3v) is 6.43. The van der Waals surface area contributed by atoms with Crippen molar-refractivity contribution in [3.8, 4) is 0 Å². The molecule has 2 N–H and O–H groups in total. The van der Waals surface area contributed by atoms with Gasteiger partial charge in [0.25, 0.3) is 0 Å². The molecule has 1 aromatic carbocycles. The van der Waals surface area contributed by atoms with Gasteiger partial charge in [0.1, 0.15) is 0 Å². The summed E-state index contributed by atoms with van der Waals surface area (Å²) >= 11 is 1.71. The predicted octanol–water partition coefficient (Wildman–Crippen LogP) is 4.08. The van der Waals surface area contributed by atoms with Gasteiger partial charge in [-0.05, 0) is 69.0 Å². The molecule has 2 atom stereocenters. The fourth-order valence-corrected chi connectivity index (χ4v) is 4.94. The average Bonchev–Trinajstić information content (AvgIpc) is 3.39. The van der Waals surface area contributed by atoms with Crippen molar-refractivity contribution < 1.29 is 4.79 Å². The Bertz CT molecular complexity index is 573. The highest BCUT2D eigenvalue weighted by Crippen LogP contribution is 2.41. The van der Waals surface area contributed by atoms with Gasteiger partial charge < -0.3 is 10.6 Å². The molecule has 1 aliphatic carbocycles. The second-order valence-corrected chi connectivity index (χ2v) is 8.29. The average molecular weight is 346 g/mol. The number of fused-ring (bicyclic) bond motifs is 2. The van der Waals surface area contributed by atoms with E-state index in [0.29, 0.717) is 18.1 Å².